The van der Waals surface area contributed by atoms with Crippen LogP contribution in [0, 0.1) is 6.92 Å². The second-order valence-electron chi connectivity index (χ2n) is 7.06. The molecule has 0 unspecified atom stereocenters. The molecule has 0 radical (unpaired) electrons. The quantitative estimate of drug-likeness (QED) is 0.336. The van der Waals surface area contributed by atoms with E-state index in [9.17, 15) is 0 Å². The van der Waals surface area contributed by atoms with Crippen LogP contribution in [-0.4, -0.2) is 48.1 Å². The summed E-state index contributed by atoms with van der Waals surface area (Å²) in [5.74, 6) is 0.937. The summed E-state index contributed by atoms with van der Waals surface area (Å²) in [6.07, 6.45) is 5.16. The molecule has 1 saturated heterocycles. The molecule has 2 heterocycles. The monoisotopic (exact) mass is 513 g/mol. The van der Waals surface area contributed by atoms with E-state index in [2.05, 4.69) is 64.7 Å². The Bertz CT molecular complexity index is 711. The zero-order valence-corrected chi connectivity index (χ0v) is 20.0. The van der Waals surface area contributed by atoms with E-state index in [1.807, 2.05) is 6.20 Å². The van der Waals surface area contributed by atoms with Crippen molar-refractivity contribution in [3.8, 4) is 0 Å². The molecular weight excluding hydrogens is 481 g/mol. The van der Waals surface area contributed by atoms with Crippen molar-refractivity contribution >= 4 is 41.3 Å². The Morgan fingerprint density at radius 1 is 1.25 bits per heavy atom. The van der Waals surface area contributed by atoms with E-state index in [-0.39, 0.29) is 24.0 Å². The second kappa shape index (κ2) is 12.4. The summed E-state index contributed by atoms with van der Waals surface area (Å²) in [7, 11) is 0. The van der Waals surface area contributed by atoms with Crippen LogP contribution in [0.1, 0.15) is 35.2 Å². The van der Waals surface area contributed by atoms with Crippen molar-refractivity contribution < 1.29 is 0 Å². The van der Waals surface area contributed by atoms with E-state index in [0.29, 0.717) is 6.04 Å². The summed E-state index contributed by atoms with van der Waals surface area (Å²) < 4.78 is 0. The maximum atomic E-state index is 4.75. The number of aliphatic imine (C=N–C) groups is 1. The highest BCUT2D eigenvalue weighted by molar-refractivity contribution is 14.0. The van der Waals surface area contributed by atoms with Gasteiger partial charge in [-0.25, -0.2) is 4.98 Å². The first kappa shape index (κ1) is 23.1. The molecule has 2 N–H and O–H groups in total. The summed E-state index contributed by atoms with van der Waals surface area (Å²) >= 11 is 1.76. The molecule has 0 spiro atoms. The fourth-order valence-corrected chi connectivity index (χ4v) is 4.15. The molecule has 154 valence electrons. The van der Waals surface area contributed by atoms with Gasteiger partial charge in [-0.2, -0.15) is 0 Å². The SMILES string of the molecule is CCNC(=NCCc1ncc(C)s1)NC1CCN(Cc2ccccc2)CC1.I. The lowest BCUT2D eigenvalue weighted by molar-refractivity contribution is 0.198. The van der Waals surface area contributed by atoms with Gasteiger partial charge < -0.3 is 10.6 Å². The van der Waals surface area contributed by atoms with E-state index in [0.717, 1.165) is 57.9 Å². The van der Waals surface area contributed by atoms with Gasteiger partial charge in [-0.15, -0.1) is 35.3 Å². The van der Waals surface area contributed by atoms with Crippen molar-refractivity contribution in [3.05, 3.63) is 52.0 Å². The molecule has 0 aliphatic carbocycles. The highest BCUT2D eigenvalue weighted by Gasteiger charge is 2.20. The largest absolute Gasteiger partial charge is 0.357 e. The molecule has 1 aromatic heterocycles. The van der Waals surface area contributed by atoms with Gasteiger partial charge in [0.05, 0.1) is 5.01 Å². The van der Waals surface area contributed by atoms with Crippen molar-refractivity contribution in [1.82, 2.24) is 20.5 Å². The maximum Gasteiger partial charge on any atom is 0.191 e. The molecule has 0 saturated carbocycles. The van der Waals surface area contributed by atoms with Gasteiger partial charge in [0.25, 0.3) is 0 Å². The van der Waals surface area contributed by atoms with Crippen LogP contribution >= 0.6 is 35.3 Å². The van der Waals surface area contributed by atoms with Gasteiger partial charge in [0.2, 0.25) is 0 Å². The molecule has 1 aromatic carbocycles. The first-order valence-electron chi connectivity index (χ1n) is 9.95. The Morgan fingerprint density at radius 3 is 2.64 bits per heavy atom. The minimum absolute atomic E-state index is 0. The Morgan fingerprint density at radius 2 is 2.00 bits per heavy atom. The normalized spacial score (nSPS) is 15.9. The minimum Gasteiger partial charge on any atom is -0.357 e. The van der Waals surface area contributed by atoms with E-state index < -0.39 is 0 Å². The number of likely N-dealkylation sites (tertiary alicyclic amines) is 1. The van der Waals surface area contributed by atoms with Crippen molar-refractivity contribution in [1.29, 1.82) is 0 Å². The molecule has 1 aliphatic heterocycles. The summed E-state index contributed by atoms with van der Waals surface area (Å²) in [6, 6.07) is 11.2. The Labute approximate surface area is 190 Å². The third kappa shape index (κ3) is 7.67. The van der Waals surface area contributed by atoms with Gasteiger partial charge in [-0.3, -0.25) is 9.89 Å². The molecule has 28 heavy (non-hydrogen) atoms. The lowest BCUT2D eigenvalue weighted by Gasteiger charge is -2.33. The van der Waals surface area contributed by atoms with E-state index >= 15 is 0 Å². The highest BCUT2D eigenvalue weighted by atomic mass is 127. The van der Waals surface area contributed by atoms with Gasteiger partial charge in [-0.05, 0) is 32.3 Å². The summed E-state index contributed by atoms with van der Waals surface area (Å²) in [4.78, 5) is 13.0. The number of aryl methyl sites for hydroxylation is 1. The molecule has 1 fully saturated rings. The first-order chi connectivity index (χ1) is 13.2. The predicted molar refractivity (Wildman–Crippen MR) is 130 cm³/mol. The van der Waals surface area contributed by atoms with Crippen LogP contribution in [0.15, 0.2) is 41.5 Å². The first-order valence-corrected chi connectivity index (χ1v) is 10.8. The number of hydrogen-bond acceptors (Lipinski definition) is 4. The van der Waals surface area contributed by atoms with Crippen molar-refractivity contribution in [2.45, 2.75) is 45.7 Å². The molecule has 1 aliphatic rings. The zero-order chi connectivity index (χ0) is 18.9. The Balaban J connectivity index is 0.00000280. The highest BCUT2D eigenvalue weighted by Crippen LogP contribution is 2.14. The van der Waals surface area contributed by atoms with Crippen LogP contribution in [0.5, 0.6) is 0 Å². The molecule has 0 bridgehead atoms. The predicted octanol–water partition coefficient (Wildman–Crippen LogP) is 3.83. The number of benzene rings is 1. The molecule has 0 amide bonds. The standard InChI is InChI=1S/C21H31N5S.HI/c1-3-22-21(23-12-9-20-24-15-17(2)27-20)25-19-10-13-26(14-11-19)16-18-7-5-4-6-8-18;/h4-8,15,19H,3,9-14,16H2,1-2H3,(H2,22,23,25);1H. The van der Waals surface area contributed by atoms with Crippen LogP contribution in [0.2, 0.25) is 0 Å². The Hall–Kier alpha value is -1.19. The van der Waals surface area contributed by atoms with Crippen LogP contribution in [0.25, 0.3) is 0 Å². The number of aromatic nitrogens is 1. The Kier molecular flexibility index (Phi) is 10.2. The van der Waals surface area contributed by atoms with E-state index in [4.69, 9.17) is 4.99 Å². The summed E-state index contributed by atoms with van der Waals surface area (Å²) in [6.45, 7) is 9.18. The second-order valence-corrected chi connectivity index (χ2v) is 8.37. The maximum absolute atomic E-state index is 4.75. The number of guanidine groups is 1. The molecule has 5 nitrogen and oxygen atoms in total. The molecular formula is C21H32IN5S. The van der Waals surface area contributed by atoms with Gasteiger partial charge in [0, 0.05) is 56.3 Å². The fraction of sp³-hybridized carbons (Fsp3) is 0.524. The summed E-state index contributed by atoms with van der Waals surface area (Å²) in [5, 5.41) is 8.18. The smallest absolute Gasteiger partial charge is 0.191 e. The van der Waals surface area contributed by atoms with Gasteiger partial charge >= 0.3 is 0 Å². The zero-order valence-electron chi connectivity index (χ0n) is 16.9. The molecule has 7 heteroatoms. The minimum atomic E-state index is 0. The van der Waals surface area contributed by atoms with Crippen LogP contribution < -0.4 is 10.6 Å². The van der Waals surface area contributed by atoms with Crippen molar-refractivity contribution in [3.63, 3.8) is 0 Å². The molecule has 0 atom stereocenters. The number of nitrogens with zero attached hydrogens (tertiary/aromatic N) is 3. The third-order valence-corrected chi connectivity index (χ3v) is 5.76. The van der Waals surface area contributed by atoms with E-state index in [1.54, 1.807) is 11.3 Å². The average Bonchev–Trinajstić information content (AvgIpc) is 3.09. The lowest BCUT2D eigenvalue weighted by atomic mass is 10.0. The lowest BCUT2D eigenvalue weighted by Crippen LogP contribution is -2.48. The number of thiazole rings is 1. The van der Waals surface area contributed by atoms with Crippen LogP contribution in [0.4, 0.5) is 0 Å². The van der Waals surface area contributed by atoms with Crippen molar-refractivity contribution in [2.75, 3.05) is 26.2 Å². The van der Waals surface area contributed by atoms with E-state index in [1.165, 1.54) is 15.4 Å². The number of nitrogens with one attached hydrogen (secondary N) is 2. The van der Waals surface area contributed by atoms with Gasteiger partial charge in [0.1, 0.15) is 0 Å². The molecule has 3 rings (SSSR count). The van der Waals surface area contributed by atoms with Crippen molar-refractivity contribution in [2.24, 2.45) is 4.99 Å². The number of hydrogen-bond donors (Lipinski definition) is 2. The van der Waals surface area contributed by atoms with Crippen LogP contribution in [0.3, 0.4) is 0 Å². The molecule has 2 aromatic rings. The van der Waals surface area contributed by atoms with Crippen LogP contribution in [-0.2, 0) is 13.0 Å². The van der Waals surface area contributed by atoms with Gasteiger partial charge in [0.15, 0.2) is 5.96 Å². The van der Waals surface area contributed by atoms with Gasteiger partial charge in [-0.1, -0.05) is 30.3 Å². The average molecular weight is 513 g/mol. The topological polar surface area (TPSA) is 52.6 Å². The third-order valence-electron chi connectivity index (χ3n) is 4.79. The number of rotatable bonds is 7. The number of piperidine rings is 1. The fourth-order valence-electron chi connectivity index (χ4n) is 3.37. The summed E-state index contributed by atoms with van der Waals surface area (Å²) in [5.41, 5.74) is 1.40. The number of halogens is 1.